The Morgan fingerprint density at radius 3 is 2.48 bits per heavy atom. The second kappa shape index (κ2) is 5.94. The van der Waals surface area contributed by atoms with Crippen LogP contribution in [0.3, 0.4) is 0 Å². The monoisotopic (exact) mass is 330 g/mol. The second-order valence-electron chi connectivity index (χ2n) is 5.48. The van der Waals surface area contributed by atoms with Gasteiger partial charge in [-0.05, 0) is 38.0 Å². The molecule has 5 nitrogen and oxygen atoms in total. The van der Waals surface area contributed by atoms with Crippen LogP contribution in [0.5, 0.6) is 0 Å². The Kier molecular flexibility index (Phi) is 4.60. The Morgan fingerprint density at radius 2 is 1.90 bits per heavy atom. The number of piperazine rings is 1. The van der Waals surface area contributed by atoms with Crippen LogP contribution >= 0.6 is 11.6 Å². The fourth-order valence-electron chi connectivity index (χ4n) is 2.37. The number of hydrogen-bond donors (Lipinski definition) is 1. The molecule has 0 saturated carbocycles. The maximum Gasteiger partial charge on any atom is 0.244 e. The number of amides is 1. The Bertz CT molecular complexity index is 626. The van der Waals surface area contributed by atoms with E-state index in [1.807, 2.05) is 0 Å². The van der Waals surface area contributed by atoms with Crippen LogP contribution in [0.4, 0.5) is 0 Å². The fourth-order valence-corrected chi connectivity index (χ4v) is 4.33. The van der Waals surface area contributed by atoms with E-state index < -0.39 is 15.6 Å². The number of nitrogens with one attached hydrogen (secondary N) is 1. The van der Waals surface area contributed by atoms with Crippen LogP contribution in [0.1, 0.15) is 19.4 Å². The summed E-state index contributed by atoms with van der Waals surface area (Å²) in [5.74, 6) is 0.210. The molecule has 0 unspecified atom stereocenters. The molecule has 2 rings (SSSR count). The minimum Gasteiger partial charge on any atom is -0.353 e. The van der Waals surface area contributed by atoms with E-state index in [0.717, 1.165) is 5.56 Å². The third-order valence-electron chi connectivity index (χ3n) is 3.67. The first-order valence-corrected chi connectivity index (χ1v) is 8.73. The van der Waals surface area contributed by atoms with E-state index in [2.05, 4.69) is 5.32 Å². The largest absolute Gasteiger partial charge is 0.353 e. The van der Waals surface area contributed by atoms with Crippen LogP contribution in [-0.2, 0) is 21.2 Å². The lowest BCUT2D eigenvalue weighted by Crippen LogP contribution is -2.63. The molecule has 1 aromatic carbocycles. The van der Waals surface area contributed by atoms with Crippen molar-refractivity contribution < 1.29 is 13.2 Å². The quantitative estimate of drug-likeness (QED) is 0.848. The van der Waals surface area contributed by atoms with Gasteiger partial charge in [0.05, 0.1) is 4.90 Å². The topological polar surface area (TPSA) is 66.5 Å². The average Bonchev–Trinajstić information content (AvgIpc) is 2.42. The Morgan fingerprint density at radius 1 is 1.29 bits per heavy atom. The van der Waals surface area contributed by atoms with Crippen molar-refractivity contribution in [2.75, 3.05) is 19.0 Å². The highest BCUT2D eigenvalue weighted by molar-refractivity contribution is 7.89. The molecule has 1 aliphatic heterocycles. The summed E-state index contributed by atoms with van der Waals surface area (Å²) in [6, 6.07) is 6.65. The van der Waals surface area contributed by atoms with Gasteiger partial charge < -0.3 is 5.32 Å². The maximum atomic E-state index is 12.7. The first kappa shape index (κ1) is 16.3. The lowest BCUT2D eigenvalue weighted by atomic mass is 10.0. The third kappa shape index (κ3) is 3.07. The zero-order valence-corrected chi connectivity index (χ0v) is 13.7. The number of rotatable bonds is 4. The number of aryl methyl sites for hydroxylation is 1. The molecule has 0 atom stereocenters. The van der Waals surface area contributed by atoms with E-state index in [1.54, 1.807) is 38.1 Å². The first-order chi connectivity index (χ1) is 9.80. The molecule has 0 aliphatic carbocycles. The molecule has 1 aliphatic rings. The van der Waals surface area contributed by atoms with Crippen LogP contribution in [-0.4, -0.2) is 43.1 Å². The maximum absolute atomic E-state index is 12.7. The van der Waals surface area contributed by atoms with Crippen molar-refractivity contribution in [2.24, 2.45) is 0 Å². The van der Waals surface area contributed by atoms with Gasteiger partial charge in [0.25, 0.3) is 0 Å². The van der Waals surface area contributed by atoms with E-state index in [0.29, 0.717) is 18.8 Å². The number of benzene rings is 1. The summed E-state index contributed by atoms with van der Waals surface area (Å²) in [4.78, 5) is 12.1. The molecule has 0 spiro atoms. The van der Waals surface area contributed by atoms with Crippen molar-refractivity contribution in [1.82, 2.24) is 9.62 Å². The molecule has 1 N–H and O–H groups in total. The molecule has 116 valence electrons. The van der Waals surface area contributed by atoms with E-state index in [-0.39, 0.29) is 17.3 Å². The molecular weight excluding hydrogens is 312 g/mol. The van der Waals surface area contributed by atoms with E-state index in [1.165, 1.54) is 4.31 Å². The van der Waals surface area contributed by atoms with Gasteiger partial charge in [0.2, 0.25) is 15.9 Å². The van der Waals surface area contributed by atoms with Crippen LogP contribution in [0.2, 0.25) is 0 Å². The van der Waals surface area contributed by atoms with Gasteiger partial charge in [-0.1, -0.05) is 12.1 Å². The van der Waals surface area contributed by atoms with E-state index >= 15 is 0 Å². The molecule has 1 heterocycles. The van der Waals surface area contributed by atoms with Gasteiger partial charge in [-0.15, -0.1) is 11.6 Å². The van der Waals surface area contributed by atoms with Gasteiger partial charge in [-0.25, -0.2) is 8.42 Å². The average molecular weight is 331 g/mol. The Labute approximate surface area is 130 Å². The van der Waals surface area contributed by atoms with Crippen molar-refractivity contribution in [3.8, 4) is 0 Å². The lowest BCUT2D eigenvalue weighted by molar-refractivity contribution is -0.131. The molecular formula is C14H19ClN2O3S. The van der Waals surface area contributed by atoms with Crippen molar-refractivity contribution >= 4 is 27.5 Å². The van der Waals surface area contributed by atoms with Crippen LogP contribution in [0, 0.1) is 0 Å². The Hall–Kier alpha value is -1.11. The van der Waals surface area contributed by atoms with Crippen LogP contribution in [0.25, 0.3) is 0 Å². The van der Waals surface area contributed by atoms with Gasteiger partial charge in [0.15, 0.2) is 0 Å². The molecule has 0 radical (unpaired) electrons. The van der Waals surface area contributed by atoms with Gasteiger partial charge in [0.1, 0.15) is 5.54 Å². The number of carbonyl (C=O) groups excluding carboxylic acids is 1. The molecule has 1 fully saturated rings. The van der Waals surface area contributed by atoms with Gasteiger partial charge in [-0.2, -0.15) is 4.31 Å². The molecule has 7 heteroatoms. The summed E-state index contributed by atoms with van der Waals surface area (Å²) in [6.45, 7) is 3.82. The number of sulfonamides is 1. The smallest absolute Gasteiger partial charge is 0.244 e. The van der Waals surface area contributed by atoms with Gasteiger partial charge in [0, 0.05) is 19.0 Å². The highest BCUT2D eigenvalue weighted by Crippen LogP contribution is 2.26. The number of nitrogens with zero attached hydrogens (tertiary/aromatic N) is 1. The first-order valence-electron chi connectivity index (χ1n) is 6.76. The fraction of sp³-hybridized carbons (Fsp3) is 0.500. The van der Waals surface area contributed by atoms with E-state index in [4.69, 9.17) is 11.6 Å². The summed E-state index contributed by atoms with van der Waals surface area (Å²) < 4.78 is 26.7. The highest BCUT2D eigenvalue weighted by Gasteiger charge is 2.44. The predicted octanol–water partition coefficient (Wildman–Crippen LogP) is 1.37. The normalized spacial score (nSPS) is 19.3. The third-order valence-corrected chi connectivity index (χ3v) is 5.95. The predicted molar refractivity (Wildman–Crippen MR) is 81.8 cm³/mol. The number of alkyl halides is 1. The highest BCUT2D eigenvalue weighted by atomic mass is 35.5. The zero-order chi connectivity index (χ0) is 15.7. The number of carbonyl (C=O) groups is 1. The van der Waals surface area contributed by atoms with E-state index in [9.17, 15) is 13.2 Å². The summed E-state index contributed by atoms with van der Waals surface area (Å²) in [7, 11) is -3.69. The Balaban J connectivity index is 2.34. The number of halogens is 1. The molecule has 21 heavy (non-hydrogen) atoms. The molecule has 1 saturated heterocycles. The minimum atomic E-state index is -3.69. The SMILES string of the molecule is CC1(C)C(=O)NCCN1S(=O)(=O)c1ccc(CCCl)cc1. The standard InChI is InChI=1S/C14H19ClN2O3S/c1-14(2)13(18)16-9-10-17(14)21(19,20)12-5-3-11(4-6-12)7-8-15/h3-6H,7-10H2,1-2H3,(H,16,18). The van der Waals surface area contributed by atoms with Crippen molar-refractivity contribution in [1.29, 1.82) is 0 Å². The molecule has 0 aromatic heterocycles. The van der Waals surface area contributed by atoms with Gasteiger partial charge in [-0.3, -0.25) is 4.79 Å². The summed E-state index contributed by atoms with van der Waals surface area (Å²) in [5.41, 5.74) is -0.106. The summed E-state index contributed by atoms with van der Waals surface area (Å²) in [5, 5.41) is 2.69. The van der Waals surface area contributed by atoms with Crippen LogP contribution < -0.4 is 5.32 Å². The van der Waals surface area contributed by atoms with Crippen LogP contribution in [0.15, 0.2) is 29.2 Å². The lowest BCUT2D eigenvalue weighted by Gasteiger charge is -2.39. The molecule has 0 bridgehead atoms. The number of hydrogen-bond acceptors (Lipinski definition) is 3. The van der Waals surface area contributed by atoms with Gasteiger partial charge >= 0.3 is 0 Å². The second-order valence-corrected chi connectivity index (χ2v) is 7.72. The summed E-state index contributed by atoms with van der Waals surface area (Å²) >= 11 is 5.67. The minimum absolute atomic E-state index is 0.198. The molecule has 1 aromatic rings. The van der Waals surface area contributed by atoms with Crippen molar-refractivity contribution in [2.45, 2.75) is 30.7 Å². The van der Waals surface area contributed by atoms with Crippen molar-refractivity contribution in [3.63, 3.8) is 0 Å². The zero-order valence-electron chi connectivity index (χ0n) is 12.1. The summed E-state index contributed by atoms with van der Waals surface area (Å²) in [6.07, 6.45) is 0.694. The molecule has 1 amide bonds. The van der Waals surface area contributed by atoms with Crippen molar-refractivity contribution in [3.05, 3.63) is 29.8 Å².